The fourth-order valence-electron chi connectivity index (χ4n) is 3.18. The van der Waals surface area contributed by atoms with Gasteiger partial charge in [0.2, 0.25) is 11.8 Å². The molecule has 0 radical (unpaired) electrons. The number of nitrogens with one attached hydrogen (secondary N) is 2. The smallest absolute Gasteiger partial charge is 0.344 e. The predicted molar refractivity (Wildman–Crippen MR) is 106 cm³/mol. The molecule has 0 aliphatic carbocycles. The van der Waals surface area contributed by atoms with Gasteiger partial charge in [0.25, 0.3) is 0 Å². The Labute approximate surface area is 171 Å². The number of piperidine rings is 1. The maximum atomic E-state index is 12.7. The van der Waals surface area contributed by atoms with Crippen LogP contribution in [0.4, 0.5) is 18.9 Å². The number of hydrogen-bond acceptors (Lipinski definition) is 3. The van der Waals surface area contributed by atoms with Gasteiger partial charge in [0.15, 0.2) is 0 Å². The van der Waals surface area contributed by atoms with Crippen molar-refractivity contribution in [1.82, 2.24) is 5.32 Å². The average Bonchev–Trinajstić information content (AvgIpc) is 2.64. The Morgan fingerprint density at radius 1 is 1.10 bits per heavy atom. The summed E-state index contributed by atoms with van der Waals surface area (Å²) in [6, 6.07) is 11.4. The zero-order valence-electron chi connectivity index (χ0n) is 16.0. The molecule has 0 saturated carbocycles. The lowest BCUT2D eigenvalue weighted by atomic mass is 9.92. The van der Waals surface area contributed by atoms with Crippen LogP contribution < -0.4 is 10.6 Å². The molecule has 1 fully saturated rings. The Morgan fingerprint density at radius 2 is 1.79 bits per heavy atom. The van der Waals surface area contributed by atoms with E-state index in [-0.39, 0.29) is 12.8 Å². The molecule has 0 bridgehead atoms. The Kier molecular flexibility index (Phi) is 6.21. The van der Waals surface area contributed by atoms with Crippen molar-refractivity contribution in [2.45, 2.75) is 48.7 Å². The van der Waals surface area contributed by atoms with Crippen molar-refractivity contribution in [3.8, 4) is 0 Å². The maximum absolute atomic E-state index is 12.7. The summed E-state index contributed by atoms with van der Waals surface area (Å²) >= 11 is 1.60. The third-order valence-corrected chi connectivity index (χ3v) is 5.95. The lowest BCUT2D eigenvalue weighted by Gasteiger charge is -2.29. The summed E-state index contributed by atoms with van der Waals surface area (Å²) in [5.74, 6) is -2.62. The lowest BCUT2D eigenvalue weighted by molar-refractivity contribution is -0.170. The number of halogens is 3. The highest BCUT2D eigenvalue weighted by atomic mass is 32.2. The van der Waals surface area contributed by atoms with Crippen molar-refractivity contribution < 1.29 is 22.8 Å². The van der Waals surface area contributed by atoms with Gasteiger partial charge in [-0.05, 0) is 62.6 Å². The van der Waals surface area contributed by atoms with Crippen LogP contribution in [0, 0.1) is 19.8 Å². The zero-order valence-corrected chi connectivity index (χ0v) is 16.8. The minimum atomic E-state index is -4.50. The molecule has 2 unspecified atom stereocenters. The fraction of sp³-hybridized carbons (Fsp3) is 0.333. The third kappa shape index (κ3) is 5.32. The number of anilines is 1. The molecule has 1 heterocycles. The third-order valence-electron chi connectivity index (χ3n) is 4.77. The molecule has 2 atom stereocenters. The van der Waals surface area contributed by atoms with E-state index < -0.39 is 30.0 Å². The van der Waals surface area contributed by atoms with Crippen LogP contribution in [0.3, 0.4) is 0 Å². The molecular weight excluding hydrogens is 401 g/mol. The maximum Gasteiger partial charge on any atom is 0.408 e. The minimum Gasteiger partial charge on any atom is -0.344 e. The highest BCUT2D eigenvalue weighted by Crippen LogP contribution is 2.32. The fourth-order valence-corrected chi connectivity index (χ4v) is 4.06. The quantitative estimate of drug-likeness (QED) is 0.693. The summed E-state index contributed by atoms with van der Waals surface area (Å²) in [6.45, 7) is 4.08. The van der Waals surface area contributed by atoms with Gasteiger partial charge in [0.05, 0.1) is 0 Å². The highest BCUT2D eigenvalue weighted by Gasteiger charge is 2.45. The van der Waals surface area contributed by atoms with E-state index in [0.29, 0.717) is 5.69 Å². The van der Waals surface area contributed by atoms with Crippen LogP contribution in [0.2, 0.25) is 0 Å². The first kappa shape index (κ1) is 21.2. The van der Waals surface area contributed by atoms with Crippen molar-refractivity contribution in [1.29, 1.82) is 0 Å². The molecule has 1 aliphatic rings. The molecule has 1 aliphatic heterocycles. The lowest BCUT2D eigenvalue weighted by Crippen LogP contribution is -2.53. The van der Waals surface area contributed by atoms with Gasteiger partial charge in [-0.3, -0.25) is 9.59 Å². The summed E-state index contributed by atoms with van der Waals surface area (Å²) in [7, 11) is 0. The van der Waals surface area contributed by atoms with Gasteiger partial charge < -0.3 is 10.6 Å². The van der Waals surface area contributed by atoms with E-state index in [9.17, 15) is 22.8 Å². The van der Waals surface area contributed by atoms with Gasteiger partial charge in [-0.2, -0.15) is 13.2 Å². The normalized spacial score (nSPS) is 19.6. The number of aryl methyl sites for hydroxylation is 2. The number of carbonyl (C=O) groups excluding carboxylic acids is 2. The topological polar surface area (TPSA) is 58.2 Å². The molecule has 0 aromatic heterocycles. The molecule has 4 nitrogen and oxygen atoms in total. The summed E-state index contributed by atoms with van der Waals surface area (Å²) in [6.07, 6.45) is -4.94. The number of alkyl halides is 3. The Hall–Kier alpha value is -2.48. The van der Waals surface area contributed by atoms with Crippen molar-refractivity contribution in [3.05, 3.63) is 53.6 Å². The van der Waals surface area contributed by atoms with Crippen molar-refractivity contribution in [2.75, 3.05) is 5.32 Å². The van der Waals surface area contributed by atoms with Crippen LogP contribution >= 0.6 is 11.8 Å². The first-order valence-corrected chi connectivity index (χ1v) is 9.98. The first-order chi connectivity index (χ1) is 13.6. The monoisotopic (exact) mass is 422 g/mol. The van der Waals surface area contributed by atoms with Crippen LogP contribution in [0.15, 0.2) is 52.3 Å². The van der Waals surface area contributed by atoms with Crippen LogP contribution in [-0.2, 0) is 9.59 Å². The molecule has 3 rings (SSSR count). The minimum absolute atomic E-state index is 0.136. The molecule has 8 heteroatoms. The molecule has 154 valence electrons. The van der Waals surface area contributed by atoms with E-state index in [1.165, 1.54) is 11.1 Å². The van der Waals surface area contributed by atoms with Gasteiger partial charge >= 0.3 is 6.18 Å². The molecule has 2 N–H and O–H groups in total. The highest BCUT2D eigenvalue weighted by molar-refractivity contribution is 7.99. The molecule has 2 aromatic rings. The first-order valence-electron chi connectivity index (χ1n) is 9.16. The second-order valence-corrected chi connectivity index (χ2v) is 8.23. The molecular formula is C21H21F3N2O2S. The van der Waals surface area contributed by atoms with E-state index >= 15 is 0 Å². The van der Waals surface area contributed by atoms with Gasteiger partial charge in [-0.15, -0.1) is 0 Å². The van der Waals surface area contributed by atoms with Crippen molar-refractivity contribution >= 4 is 29.3 Å². The van der Waals surface area contributed by atoms with Gasteiger partial charge in [0, 0.05) is 15.5 Å². The summed E-state index contributed by atoms with van der Waals surface area (Å²) in [5, 5.41) is 4.51. The van der Waals surface area contributed by atoms with Crippen LogP contribution in [0.5, 0.6) is 0 Å². The van der Waals surface area contributed by atoms with Gasteiger partial charge in [-0.25, -0.2) is 0 Å². The van der Waals surface area contributed by atoms with E-state index in [1.54, 1.807) is 23.9 Å². The SMILES string of the molecule is Cc1ccc(Sc2ccc(NC(=O)C3CCC(C(F)(F)F)NC3=O)cc2)c(C)c1. The van der Waals surface area contributed by atoms with E-state index in [2.05, 4.69) is 17.4 Å². The van der Waals surface area contributed by atoms with Crippen molar-refractivity contribution in [3.63, 3.8) is 0 Å². The van der Waals surface area contributed by atoms with Crippen LogP contribution in [0.25, 0.3) is 0 Å². The summed E-state index contributed by atoms with van der Waals surface area (Å²) in [4.78, 5) is 26.4. The summed E-state index contributed by atoms with van der Waals surface area (Å²) < 4.78 is 38.1. The van der Waals surface area contributed by atoms with E-state index in [0.717, 1.165) is 9.79 Å². The number of hydrogen-bond donors (Lipinski definition) is 2. The van der Waals surface area contributed by atoms with E-state index in [4.69, 9.17) is 0 Å². The number of carbonyl (C=O) groups is 2. The molecule has 0 spiro atoms. The van der Waals surface area contributed by atoms with Gasteiger partial charge in [0.1, 0.15) is 12.0 Å². The van der Waals surface area contributed by atoms with Gasteiger partial charge in [-0.1, -0.05) is 29.5 Å². The van der Waals surface area contributed by atoms with Crippen LogP contribution in [0.1, 0.15) is 24.0 Å². The molecule has 29 heavy (non-hydrogen) atoms. The standard InChI is InChI=1S/C21H21F3N2O2S/c1-12-3-9-17(13(2)11-12)29-15-6-4-14(5-7-15)25-19(27)16-8-10-18(21(22,23)24)26-20(16)28/h3-7,9,11,16,18H,8,10H2,1-2H3,(H,25,27)(H,26,28). The van der Waals surface area contributed by atoms with Crippen molar-refractivity contribution in [2.24, 2.45) is 5.92 Å². The predicted octanol–water partition coefficient (Wildman–Crippen LogP) is 4.85. The largest absolute Gasteiger partial charge is 0.408 e. The second-order valence-electron chi connectivity index (χ2n) is 7.12. The average molecular weight is 422 g/mol. The van der Waals surface area contributed by atoms with Crippen LogP contribution in [-0.4, -0.2) is 24.0 Å². The van der Waals surface area contributed by atoms with E-state index in [1.807, 2.05) is 37.4 Å². The molecule has 2 aromatic carbocycles. The molecule has 2 amide bonds. The number of amides is 2. The summed E-state index contributed by atoms with van der Waals surface area (Å²) in [5.41, 5.74) is 2.86. The Bertz CT molecular complexity index is 913. The zero-order chi connectivity index (χ0) is 21.2. The Balaban J connectivity index is 1.59. The number of rotatable bonds is 4. The second kappa shape index (κ2) is 8.49. The molecule has 1 saturated heterocycles. The number of benzene rings is 2. The Morgan fingerprint density at radius 3 is 2.38 bits per heavy atom.